The van der Waals surface area contributed by atoms with Crippen LogP contribution in [-0.4, -0.2) is 43.5 Å². The van der Waals surface area contributed by atoms with Crippen molar-refractivity contribution in [3.63, 3.8) is 0 Å². The first kappa shape index (κ1) is 23.7. The van der Waals surface area contributed by atoms with E-state index in [1.165, 1.54) is 22.0 Å². The number of guanidine groups is 1. The number of rotatable bonds is 7. The molecule has 0 fully saturated rings. The van der Waals surface area contributed by atoms with E-state index in [-0.39, 0.29) is 29.9 Å². The van der Waals surface area contributed by atoms with Crippen molar-refractivity contribution in [1.82, 2.24) is 20.9 Å². The van der Waals surface area contributed by atoms with Gasteiger partial charge in [0.2, 0.25) is 0 Å². The number of nitrogens with zero attached hydrogens (tertiary/aromatic N) is 1. The Bertz CT molecular complexity index is 1010. The lowest BCUT2D eigenvalue weighted by Gasteiger charge is -2.12. The zero-order valence-electron chi connectivity index (χ0n) is 17.7. The van der Waals surface area contributed by atoms with Crippen LogP contribution in [0.4, 0.5) is 0 Å². The number of fused-ring (bicyclic) bond motifs is 1. The summed E-state index contributed by atoms with van der Waals surface area (Å²) in [5.41, 5.74) is 5.47. The van der Waals surface area contributed by atoms with Crippen LogP contribution in [0.2, 0.25) is 0 Å². The number of hydrogen-bond acceptors (Lipinski definition) is 2. The lowest BCUT2D eigenvalue weighted by atomic mass is 10.1. The summed E-state index contributed by atoms with van der Waals surface area (Å²) in [5.74, 6) is 0.665. The van der Waals surface area contributed by atoms with Crippen LogP contribution < -0.4 is 16.0 Å². The maximum atomic E-state index is 12.2. The molecule has 1 heterocycles. The maximum absolute atomic E-state index is 12.2. The van der Waals surface area contributed by atoms with Crippen LogP contribution in [0, 0.1) is 13.8 Å². The minimum Gasteiger partial charge on any atom is -0.361 e. The lowest BCUT2D eigenvalue weighted by Crippen LogP contribution is -2.42. The van der Waals surface area contributed by atoms with Gasteiger partial charge in [-0.3, -0.25) is 9.79 Å². The van der Waals surface area contributed by atoms with Crippen molar-refractivity contribution in [2.45, 2.75) is 20.3 Å². The van der Waals surface area contributed by atoms with Gasteiger partial charge in [0.1, 0.15) is 0 Å². The minimum atomic E-state index is -0.0620. The van der Waals surface area contributed by atoms with Gasteiger partial charge < -0.3 is 20.9 Å². The third-order valence-electron chi connectivity index (χ3n) is 4.82. The highest BCUT2D eigenvalue weighted by atomic mass is 127. The molecule has 160 valence electrons. The van der Waals surface area contributed by atoms with Crippen molar-refractivity contribution in [2.75, 3.05) is 26.7 Å². The highest BCUT2D eigenvalue weighted by Crippen LogP contribution is 2.19. The number of carbonyl (C=O) groups excluding carboxylic acids is 1. The van der Waals surface area contributed by atoms with Gasteiger partial charge in [0.25, 0.3) is 5.91 Å². The Balaban J connectivity index is 0.00000320. The third kappa shape index (κ3) is 6.48. The van der Waals surface area contributed by atoms with Crippen LogP contribution in [0.1, 0.15) is 27.0 Å². The van der Waals surface area contributed by atoms with E-state index in [0.717, 1.165) is 24.5 Å². The minimum absolute atomic E-state index is 0. The molecule has 0 bridgehead atoms. The summed E-state index contributed by atoms with van der Waals surface area (Å²) in [6, 6.07) is 14.0. The standard InChI is InChI=1S/C23H29N5O.HI/c1-16-5-4-6-18(13-16)22(29)25-11-12-27-23(24-3)26-10-9-19-15-28-21-14-17(2)7-8-20(19)21;/h4-8,13-15,28H,9-12H2,1-3H3,(H,25,29)(H2,24,26,27);1H. The van der Waals surface area contributed by atoms with Crippen LogP contribution in [-0.2, 0) is 6.42 Å². The molecule has 30 heavy (non-hydrogen) atoms. The molecule has 2 aromatic carbocycles. The summed E-state index contributed by atoms with van der Waals surface area (Å²) in [6.07, 6.45) is 2.97. The number of hydrogen-bond donors (Lipinski definition) is 4. The fourth-order valence-electron chi connectivity index (χ4n) is 3.29. The van der Waals surface area contributed by atoms with E-state index in [1.54, 1.807) is 7.05 Å². The molecule has 0 aliphatic rings. The predicted molar refractivity (Wildman–Crippen MR) is 135 cm³/mol. The molecular formula is C23H30IN5O. The van der Waals surface area contributed by atoms with Crippen LogP contribution in [0.5, 0.6) is 0 Å². The number of carbonyl (C=O) groups is 1. The Morgan fingerprint density at radius 3 is 2.47 bits per heavy atom. The van der Waals surface area contributed by atoms with Gasteiger partial charge >= 0.3 is 0 Å². The molecule has 3 aromatic rings. The van der Waals surface area contributed by atoms with E-state index in [2.05, 4.69) is 57.2 Å². The van der Waals surface area contributed by atoms with E-state index in [9.17, 15) is 4.79 Å². The molecule has 0 saturated carbocycles. The number of H-pyrrole nitrogens is 1. The molecule has 3 rings (SSSR count). The third-order valence-corrected chi connectivity index (χ3v) is 4.82. The van der Waals surface area contributed by atoms with E-state index >= 15 is 0 Å². The van der Waals surface area contributed by atoms with Gasteiger partial charge in [-0.15, -0.1) is 24.0 Å². The second kappa shape index (κ2) is 11.6. The zero-order chi connectivity index (χ0) is 20.6. The summed E-state index contributed by atoms with van der Waals surface area (Å²) in [6.45, 7) is 5.97. The summed E-state index contributed by atoms with van der Waals surface area (Å²) in [5, 5.41) is 10.7. The van der Waals surface area contributed by atoms with E-state index in [4.69, 9.17) is 0 Å². The molecule has 0 atom stereocenters. The van der Waals surface area contributed by atoms with E-state index in [0.29, 0.717) is 18.7 Å². The molecule has 0 spiro atoms. The SMILES string of the molecule is CN=C(NCCNC(=O)c1cccc(C)c1)NCCc1c[nH]c2cc(C)ccc12.I. The number of aryl methyl sites for hydroxylation is 2. The van der Waals surface area contributed by atoms with E-state index in [1.807, 2.05) is 31.2 Å². The largest absolute Gasteiger partial charge is 0.361 e. The van der Waals surface area contributed by atoms with Crippen LogP contribution in [0.25, 0.3) is 10.9 Å². The summed E-state index contributed by atoms with van der Waals surface area (Å²) in [4.78, 5) is 19.7. The van der Waals surface area contributed by atoms with Crippen molar-refractivity contribution in [2.24, 2.45) is 4.99 Å². The number of amides is 1. The Morgan fingerprint density at radius 2 is 1.70 bits per heavy atom. The molecule has 6 nitrogen and oxygen atoms in total. The highest BCUT2D eigenvalue weighted by molar-refractivity contribution is 14.0. The van der Waals surface area contributed by atoms with Gasteiger partial charge in [-0.2, -0.15) is 0 Å². The highest BCUT2D eigenvalue weighted by Gasteiger charge is 2.06. The lowest BCUT2D eigenvalue weighted by molar-refractivity contribution is 0.0954. The van der Waals surface area contributed by atoms with Crippen LogP contribution >= 0.6 is 24.0 Å². The summed E-state index contributed by atoms with van der Waals surface area (Å²) in [7, 11) is 1.75. The zero-order valence-corrected chi connectivity index (χ0v) is 20.0. The number of aliphatic imine (C=N–C) groups is 1. The average molecular weight is 519 g/mol. The first-order valence-electron chi connectivity index (χ1n) is 9.93. The van der Waals surface area contributed by atoms with Crippen molar-refractivity contribution < 1.29 is 4.79 Å². The van der Waals surface area contributed by atoms with Gasteiger partial charge in [-0.25, -0.2) is 0 Å². The van der Waals surface area contributed by atoms with Crippen molar-refractivity contribution in [1.29, 1.82) is 0 Å². The molecule has 0 unspecified atom stereocenters. The molecule has 0 radical (unpaired) electrons. The van der Waals surface area contributed by atoms with Crippen LogP contribution in [0.15, 0.2) is 53.7 Å². The Hall–Kier alpha value is -2.55. The van der Waals surface area contributed by atoms with Crippen molar-refractivity contribution in [3.05, 3.63) is 70.9 Å². The quantitative estimate of drug-likeness (QED) is 0.167. The fraction of sp³-hybridized carbons (Fsp3) is 0.304. The number of halogens is 1. The second-order valence-electron chi connectivity index (χ2n) is 7.16. The fourth-order valence-corrected chi connectivity index (χ4v) is 3.29. The van der Waals surface area contributed by atoms with Crippen LogP contribution in [0.3, 0.4) is 0 Å². The summed E-state index contributed by atoms with van der Waals surface area (Å²) >= 11 is 0. The molecular weight excluding hydrogens is 489 g/mol. The average Bonchev–Trinajstić information content (AvgIpc) is 3.11. The molecule has 1 amide bonds. The van der Waals surface area contributed by atoms with Crippen molar-refractivity contribution in [3.8, 4) is 0 Å². The molecule has 0 aliphatic heterocycles. The molecule has 1 aromatic heterocycles. The Morgan fingerprint density at radius 1 is 0.967 bits per heavy atom. The maximum Gasteiger partial charge on any atom is 0.251 e. The normalized spacial score (nSPS) is 11.1. The van der Waals surface area contributed by atoms with Gasteiger partial charge in [0, 0.05) is 49.3 Å². The molecule has 0 aliphatic carbocycles. The van der Waals surface area contributed by atoms with E-state index < -0.39 is 0 Å². The molecule has 4 N–H and O–H groups in total. The Labute approximate surface area is 195 Å². The van der Waals surface area contributed by atoms with Gasteiger partial charge in [0.05, 0.1) is 0 Å². The summed E-state index contributed by atoms with van der Waals surface area (Å²) < 4.78 is 0. The predicted octanol–water partition coefficient (Wildman–Crippen LogP) is 3.54. The topological polar surface area (TPSA) is 81.3 Å². The monoisotopic (exact) mass is 519 g/mol. The second-order valence-corrected chi connectivity index (χ2v) is 7.16. The Kier molecular flexibility index (Phi) is 9.16. The van der Waals surface area contributed by atoms with Crippen molar-refractivity contribution >= 4 is 46.7 Å². The van der Waals surface area contributed by atoms with Gasteiger partial charge in [0.15, 0.2) is 5.96 Å². The number of nitrogens with one attached hydrogen (secondary N) is 4. The first-order valence-corrected chi connectivity index (χ1v) is 9.93. The molecule has 0 saturated heterocycles. The van der Waals surface area contributed by atoms with Gasteiger partial charge in [-0.05, 0) is 49.6 Å². The van der Waals surface area contributed by atoms with Gasteiger partial charge in [-0.1, -0.05) is 29.8 Å². The molecule has 7 heteroatoms. The first-order chi connectivity index (χ1) is 14.1. The number of benzene rings is 2. The number of aromatic amines is 1. The smallest absolute Gasteiger partial charge is 0.251 e. The number of aromatic nitrogens is 1.